The lowest BCUT2D eigenvalue weighted by Crippen LogP contribution is -2.35. The van der Waals surface area contributed by atoms with E-state index in [9.17, 15) is 4.79 Å². The highest BCUT2D eigenvalue weighted by Crippen LogP contribution is 2.18. The van der Waals surface area contributed by atoms with Gasteiger partial charge in [-0.25, -0.2) is 4.98 Å². The van der Waals surface area contributed by atoms with Crippen molar-refractivity contribution in [3.05, 3.63) is 51.8 Å². The summed E-state index contributed by atoms with van der Waals surface area (Å²) in [5, 5.41) is 14.4. The SMILES string of the molecule is CCN(CCNC(=O)CSc1nnc(Cc2csc(C)n2)o1)c1cccc(C)c1. The normalized spacial score (nSPS) is 10.9. The Morgan fingerprint density at radius 3 is 2.90 bits per heavy atom. The van der Waals surface area contributed by atoms with E-state index in [1.807, 2.05) is 12.3 Å². The summed E-state index contributed by atoms with van der Waals surface area (Å²) in [6, 6.07) is 8.38. The van der Waals surface area contributed by atoms with Gasteiger partial charge in [-0.3, -0.25) is 4.79 Å². The molecule has 0 unspecified atom stereocenters. The third kappa shape index (κ3) is 6.57. The monoisotopic (exact) mass is 431 g/mol. The second kappa shape index (κ2) is 10.4. The Morgan fingerprint density at radius 1 is 1.31 bits per heavy atom. The minimum Gasteiger partial charge on any atom is -0.416 e. The topological polar surface area (TPSA) is 84.2 Å². The number of anilines is 1. The number of benzene rings is 1. The molecule has 0 spiro atoms. The van der Waals surface area contributed by atoms with E-state index >= 15 is 0 Å². The van der Waals surface area contributed by atoms with Gasteiger partial charge >= 0.3 is 0 Å². The Labute approximate surface area is 178 Å². The highest BCUT2D eigenvalue weighted by molar-refractivity contribution is 7.99. The van der Waals surface area contributed by atoms with E-state index in [0.29, 0.717) is 24.1 Å². The summed E-state index contributed by atoms with van der Waals surface area (Å²) in [4.78, 5) is 18.8. The highest BCUT2D eigenvalue weighted by atomic mass is 32.2. The van der Waals surface area contributed by atoms with Crippen LogP contribution in [-0.2, 0) is 11.2 Å². The molecule has 29 heavy (non-hydrogen) atoms. The second-order valence-corrected chi connectivity index (χ2v) is 8.54. The summed E-state index contributed by atoms with van der Waals surface area (Å²) in [5.41, 5.74) is 3.31. The van der Waals surface area contributed by atoms with E-state index in [-0.39, 0.29) is 11.7 Å². The third-order valence-corrected chi connectivity index (χ3v) is 5.87. The molecule has 7 nitrogen and oxygen atoms in total. The van der Waals surface area contributed by atoms with E-state index < -0.39 is 0 Å². The van der Waals surface area contributed by atoms with Crippen molar-refractivity contribution < 1.29 is 9.21 Å². The molecule has 0 radical (unpaired) electrons. The van der Waals surface area contributed by atoms with Crippen molar-refractivity contribution >= 4 is 34.7 Å². The molecule has 1 amide bonds. The van der Waals surface area contributed by atoms with Crippen LogP contribution in [0.1, 0.15) is 29.1 Å². The summed E-state index contributed by atoms with van der Waals surface area (Å²) in [6.07, 6.45) is 0.510. The number of aryl methyl sites for hydroxylation is 2. The van der Waals surface area contributed by atoms with Gasteiger partial charge in [0.1, 0.15) is 0 Å². The van der Waals surface area contributed by atoms with E-state index in [1.54, 1.807) is 11.3 Å². The first-order chi connectivity index (χ1) is 14.0. The van der Waals surface area contributed by atoms with Crippen molar-refractivity contribution in [1.29, 1.82) is 0 Å². The molecule has 1 N–H and O–H groups in total. The van der Waals surface area contributed by atoms with Crippen molar-refractivity contribution in [2.75, 3.05) is 30.3 Å². The number of thioether (sulfide) groups is 1. The zero-order valence-corrected chi connectivity index (χ0v) is 18.5. The summed E-state index contributed by atoms with van der Waals surface area (Å²) in [5.74, 6) is 0.703. The predicted molar refractivity (Wildman–Crippen MR) is 117 cm³/mol. The maximum atomic E-state index is 12.1. The van der Waals surface area contributed by atoms with Crippen molar-refractivity contribution in [3.63, 3.8) is 0 Å². The van der Waals surface area contributed by atoms with Crippen LogP contribution < -0.4 is 10.2 Å². The van der Waals surface area contributed by atoms with Crippen LogP contribution >= 0.6 is 23.1 Å². The molecule has 2 aromatic heterocycles. The third-order valence-electron chi connectivity index (χ3n) is 4.23. The molecule has 0 aliphatic heterocycles. The van der Waals surface area contributed by atoms with Crippen molar-refractivity contribution in [1.82, 2.24) is 20.5 Å². The quantitative estimate of drug-likeness (QED) is 0.492. The molecule has 1 aromatic carbocycles. The maximum absolute atomic E-state index is 12.1. The number of likely N-dealkylation sites (N-methyl/N-ethyl adjacent to an activating group) is 1. The van der Waals surface area contributed by atoms with Crippen LogP contribution in [0.2, 0.25) is 0 Å². The van der Waals surface area contributed by atoms with Crippen LogP contribution in [0.4, 0.5) is 5.69 Å². The van der Waals surface area contributed by atoms with E-state index in [1.165, 1.54) is 23.0 Å². The lowest BCUT2D eigenvalue weighted by molar-refractivity contribution is -0.118. The number of amides is 1. The molecule has 0 fully saturated rings. The fourth-order valence-electron chi connectivity index (χ4n) is 2.82. The standard InChI is InChI=1S/C20H25N5O2S2/c1-4-25(17-7-5-6-14(2)10-17)9-8-21-18(26)13-29-20-24-23-19(27-20)11-16-12-28-15(3)22-16/h5-7,10,12H,4,8-9,11,13H2,1-3H3,(H,21,26). The van der Waals surface area contributed by atoms with E-state index in [0.717, 1.165) is 23.8 Å². The van der Waals surface area contributed by atoms with Gasteiger partial charge in [-0.1, -0.05) is 23.9 Å². The van der Waals surface area contributed by atoms with Crippen LogP contribution in [0.25, 0.3) is 0 Å². The number of carbonyl (C=O) groups excluding carboxylic acids is 1. The number of nitrogens with one attached hydrogen (secondary N) is 1. The van der Waals surface area contributed by atoms with Gasteiger partial charge in [0, 0.05) is 30.7 Å². The van der Waals surface area contributed by atoms with Crippen LogP contribution in [-0.4, -0.2) is 46.5 Å². The average Bonchev–Trinajstić information content (AvgIpc) is 3.32. The Bertz CT molecular complexity index is 940. The van der Waals surface area contributed by atoms with Gasteiger partial charge in [-0.15, -0.1) is 21.5 Å². The maximum Gasteiger partial charge on any atom is 0.277 e. The van der Waals surface area contributed by atoms with Gasteiger partial charge in [-0.05, 0) is 38.5 Å². The molecule has 0 atom stereocenters. The first-order valence-corrected chi connectivity index (χ1v) is 11.3. The molecule has 0 aliphatic carbocycles. The summed E-state index contributed by atoms with van der Waals surface area (Å²) in [7, 11) is 0. The molecular weight excluding hydrogens is 406 g/mol. The number of thiazole rings is 1. The lowest BCUT2D eigenvalue weighted by Gasteiger charge is -2.23. The largest absolute Gasteiger partial charge is 0.416 e. The fourth-order valence-corrected chi connectivity index (χ4v) is 4.04. The van der Waals surface area contributed by atoms with Crippen LogP contribution in [0.5, 0.6) is 0 Å². The average molecular weight is 432 g/mol. The lowest BCUT2D eigenvalue weighted by atomic mass is 10.2. The highest BCUT2D eigenvalue weighted by Gasteiger charge is 2.12. The van der Waals surface area contributed by atoms with Crippen LogP contribution in [0, 0.1) is 13.8 Å². The predicted octanol–water partition coefficient (Wildman–Crippen LogP) is 3.47. The number of nitrogens with zero attached hydrogens (tertiary/aromatic N) is 4. The Morgan fingerprint density at radius 2 is 2.17 bits per heavy atom. The molecule has 3 aromatic rings. The molecule has 2 heterocycles. The van der Waals surface area contributed by atoms with Gasteiger partial charge in [0.15, 0.2) is 0 Å². The Balaban J connectivity index is 1.39. The van der Waals surface area contributed by atoms with Gasteiger partial charge in [0.05, 0.1) is 22.9 Å². The summed E-state index contributed by atoms with van der Waals surface area (Å²) >= 11 is 2.84. The zero-order valence-electron chi connectivity index (χ0n) is 16.8. The van der Waals surface area contributed by atoms with Crippen molar-refractivity contribution in [2.45, 2.75) is 32.4 Å². The molecule has 0 saturated heterocycles. The molecule has 3 rings (SSSR count). The Hall–Kier alpha value is -2.39. The molecule has 9 heteroatoms. The van der Waals surface area contributed by atoms with E-state index in [4.69, 9.17) is 4.42 Å². The van der Waals surface area contributed by atoms with Gasteiger partial charge in [0.25, 0.3) is 5.22 Å². The minimum atomic E-state index is -0.0508. The number of hydrogen-bond donors (Lipinski definition) is 1. The zero-order chi connectivity index (χ0) is 20.6. The molecular formula is C20H25N5O2S2. The minimum absolute atomic E-state index is 0.0508. The Kier molecular flexibility index (Phi) is 7.65. The van der Waals surface area contributed by atoms with Crippen molar-refractivity contribution in [2.24, 2.45) is 0 Å². The van der Waals surface area contributed by atoms with E-state index in [2.05, 4.69) is 63.5 Å². The summed E-state index contributed by atoms with van der Waals surface area (Å²) in [6.45, 7) is 8.38. The molecule has 0 aliphatic rings. The second-order valence-electron chi connectivity index (χ2n) is 6.55. The number of carbonyl (C=O) groups is 1. The van der Waals surface area contributed by atoms with Crippen LogP contribution in [0.15, 0.2) is 39.3 Å². The first-order valence-electron chi connectivity index (χ1n) is 9.48. The fraction of sp³-hybridized carbons (Fsp3) is 0.400. The number of aromatic nitrogens is 3. The number of rotatable bonds is 10. The molecule has 0 saturated carbocycles. The number of hydrogen-bond acceptors (Lipinski definition) is 8. The summed E-state index contributed by atoms with van der Waals surface area (Å²) < 4.78 is 5.59. The van der Waals surface area contributed by atoms with Crippen molar-refractivity contribution in [3.8, 4) is 0 Å². The smallest absolute Gasteiger partial charge is 0.277 e. The van der Waals surface area contributed by atoms with Gasteiger partial charge in [-0.2, -0.15) is 0 Å². The van der Waals surface area contributed by atoms with Crippen LogP contribution in [0.3, 0.4) is 0 Å². The van der Waals surface area contributed by atoms with Gasteiger partial charge in [0.2, 0.25) is 11.8 Å². The molecule has 154 valence electrons. The van der Waals surface area contributed by atoms with Gasteiger partial charge < -0.3 is 14.6 Å². The first kappa shape index (κ1) is 21.3. The molecule has 0 bridgehead atoms.